The molecule has 26 heavy (non-hydrogen) atoms. The fourth-order valence-corrected chi connectivity index (χ4v) is 3.77. The van der Waals surface area contributed by atoms with Crippen LogP contribution in [0.15, 0.2) is 46.3 Å². The van der Waals surface area contributed by atoms with Gasteiger partial charge < -0.3 is 14.2 Å². The molecular weight excluding hydrogens is 350 g/mol. The summed E-state index contributed by atoms with van der Waals surface area (Å²) in [5.41, 5.74) is 1.05. The van der Waals surface area contributed by atoms with Gasteiger partial charge in [0.1, 0.15) is 5.75 Å². The number of amides is 1. The van der Waals surface area contributed by atoms with Crippen LogP contribution in [0.3, 0.4) is 0 Å². The highest BCUT2D eigenvalue weighted by Gasteiger charge is 2.34. The van der Waals surface area contributed by atoms with Crippen molar-refractivity contribution in [2.24, 2.45) is 0 Å². The van der Waals surface area contributed by atoms with Gasteiger partial charge in [-0.05, 0) is 36.1 Å². The number of benzene rings is 1. The number of thiophene rings is 1. The summed E-state index contributed by atoms with van der Waals surface area (Å²) >= 11 is 1.57. The summed E-state index contributed by atoms with van der Waals surface area (Å²) in [6.45, 7) is 3.72. The van der Waals surface area contributed by atoms with Crippen molar-refractivity contribution in [3.8, 4) is 16.5 Å². The lowest BCUT2D eigenvalue weighted by atomic mass is 10.1. The van der Waals surface area contributed by atoms with E-state index in [1.807, 2.05) is 53.6 Å². The van der Waals surface area contributed by atoms with Crippen molar-refractivity contribution in [1.29, 1.82) is 0 Å². The lowest BCUT2D eigenvalue weighted by Gasteiger charge is -2.16. The van der Waals surface area contributed by atoms with Gasteiger partial charge in [0.2, 0.25) is 17.6 Å². The zero-order valence-electron chi connectivity index (χ0n) is 14.4. The normalized spacial score (nSPS) is 17.0. The fourth-order valence-electron chi connectivity index (χ4n) is 3.12. The Kier molecular flexibility index (Phi) is 4.71. The zero-order chi connectivity index (χ0) is 17.9. The molecule has 1 saturated heterocycles. The fraction of sp³-hybridized carbons (Fsp3) is 0.316. The van der Waals surface area contributed by atoms with E-state index >= 15 is 0 Å². The summed E-state index contributed by atoms with van der Waals surface area (Å²) in [6, 6.07) is 11.8. The molecule has 0 bridgehead atoms. The van der Waals surface area contributed by atoms with Gasteiger partial charge in [0.05, 0.1) is 17.4 Å². The molecule has 1 amide bonds. The van der Waals surface area contributed by atoms with E-state index < -0.39 is 0 Å². The van der Waals surface area contributed by atoms with Gasteiger partial charge in [-0.3, -0.25) is 4.79 Å². The molecule has 0 radical (unpaired) electrons. The van der Waals surface area contributed by atoms with Crippen LogP contribution in [-0.2, 0) is 11.3 Å². The van der Waals surface area contributed by atoms with Gasteiger partial charge in [0.25, 0.3) is 0 Å². The van der Waals surface area contributed by atoms with Crippen LogP contribution in [0.1, 0.15) is 30.7 Å². The van der Waals surface area contributed by atoms with Crippen LogP contribution in [0.4, 0.5) is 0 Å². The molecule has 4 rings (SSSR count). The van der Waals surface area contributed by atoms with Crippen molar-refractivity contribution in [2.75, 3.05) is 13.2 Å². The molecule has 134 valence electrons. The van der Waals surface area contributed by atoms with Gasteiger partial charge in [-0.15, -0.1) is 11.3 Å². The van der Waals surface area contributed by atoms with E-state index in [9.17, 15) is 4.79 Å². The first-order valence-electron chi connectivity index (χ1n) is 8.60. The molecule has 0 N–H and O–H groups in total. The summed E-state index contributed by atoms with van der Waals surface area (Å²) in [4.78, 5) is 19.7. The minimum atomic E-state index is -0.0567. The maximum absolute atomic E-state index is 12.4. The lowest BCUT2D eigenvalue weighted by molar-refractivity contribution is -0.128. The number of carbonyl (C=O) groups excluding carboxylic acids is 1. The van der Waals surface area contributed by atoms with Gasteiger partial charge >= 0.3 is 0 Å². The summed E-state index contributed by atoms with van der Waals surface area (Å²) in [5, 5.41) is 6.02. The van der Waals surface area contributed by atoms with Crippen LogP contribution in [0.25, 0.3) is 10.7 Å². The first-order valence-corrected chi connectivity index (χ1v) is 9.48. The van der Waals surface area contributed by atoms with Crippen LogP contribution in [0.2, 0.25) is 0 Å². The highest BCUT2D eigenvalue weighted by molar-refractivity contribution is 7.13. The summed E-state index contributed by atoms with van der Waals surface area (Å²) < 4.78 is 10.9. The Labute approximate surface area is 155 Å². The molecule has 1 fully saturated rings. The average Bonchev–Trinajstić information content (AvgIpc) is 3.36. The smallest absolute Gasteiger partial charge is 0.232 e. The van der Waals surface area contributed by atoms with Gasteiger partial charge in [-0.1, -0.05) is 23.4 Å². The molecule has 1 aliphatic rings. The third-order valence-corrected chi connectivity index (χ3v) is 5.20. The van der Waals surface area contributed by atoms with E-state index in [1.165, 1.54) is 0 Å². The molecule has 1 atom stereocenters. The number of ether oxygens (including phenoxy) is 1. The Bertz CT molecular complexity index is 891. The second-order valence-electron chi connectivity index (χ2n) is 6.19. The molecular formula is C19H19N3O3S. The Balaban J connectivity index is 1.45. The average molecular weight is 369 g/mol. The van der Waals surface area contributed by atoms with E-state index in [0.29, 0.717) is 37.8 Å². The molecule has 7 heteroatoms. The maximum atomic E-state index is 12.4. The molecule has 3 heterocycles. The molecule has 0 spiro atoms. The van der Waals surface area contributed by atoms with Gasteiger partial charge in [0, 0.05) is 19.5 Å². The van der Waals surface area contributed by atoms with Gasteiger partial charge in [0.15, 0.2) is 0 Å². The summed E-state index contributed by atoms with van der Waals surface area (Å²) in [5.74, 6) is 2.00. The van der Waals surface area contributed by atoms with Crippen molar-refractivity contribution >= 4 is 17.2 Å². The molecule has 1 aromatic carbocycles. The first-order chi connectivity index (χ1) is 12.7. The van der Waals surface area contributed by atoms with E-state index in [0.717, 1.165) is 16.2 Å². The first kappa shape index (κ1) is 16.8. The van der Waals surface area contributed by atoms with Crippen LogP contribution < -0.4 is 4.74 Å². The molecule has 2 aromatic heterocycles. The lowest BCUT2D eigenvalue weighted by Crippen LogP contribution is -2.24. The minimum absolute atomic E-state index is 0.0567. The van der Waals surface area contributed by atoms with Crippen LogP contribution in [0, 0.1) is 0 Å². The van der Waals surface area contributed by atoms with E-state index in [4.69, 9.17) is 9.26 Å². The van der Waals surface area contributed by atoms with Crippen molar-refractivity contribution in [1.82, 2.24) is 15.0 Å². The molecule has 3 aromatic rings. The monoisotopic (exact) mass is 369 g/mol. The second kappa shape index (κ2) is 7.29. The number of hydrogen-bond donors (Lipinski definition) is 0. The highest BCUT2D eigenvalue weighted by atomic mass is 32.1. The van der Waals surface area contributed by atoms with Gasteiger partial charge in [-0.25, -0.2) is 0 Å². The Hall–Kier alpha value is -2.67. The van der Waals surface area contributed by atoms with E-state index in [1.54, 1.807) is 11.3 Å². The number of rotatable bonds is 6. The Morgan fingerprint density at radius 2 is 2.27 bits per heavy atom. The zero-order valence-corrected chi connectivity index (χ0v) is 15.2. The second-order valence-corrected chi connectivity index (χ2v) is 7.14. The third kappa shape index (κ3) is 3.48. The molecule has 6 nitrogen and oxygen atoms in total. The molecule has 1 aliphatic heterocycles. The number of hydrogen-bond acceptors (Lipinski definition) is 6. The maximum Gasteiger partial charge on any atom is 0.232 e. The van der Waals surface area contributed by atoms with Crippen molar-refractivity contribution in [2.45, 2.75) is 25.8 Å². The number of likely N-dealkylation sites (tertiary alicyclic amines) is 1. The quantitative estimate of drug-likeness (QED) is 0.662. The standard InChI is InChI=1S/C19H19N3O3S/c1-2-24-15-6-3-5-13(9-15)11-22-12-14(10-17(22)23)19-20-18(21-25-19)16-7-4-8-26-16/h3-9,14H,2,10-12H2,1H3. The van der Waals surface area contributed by atoms with Crippen LogP contribution >= 0.6 is 11.3 Å². The SMILES string of the molecule is CCOc1cccc(CN2CC(c3nc(-c4cccs4)no3)CC2=O)c1. The van der Waals surface area contributed by atoms with Gasteiger partial charge in [-0.2, -0.15) is 4.98 Å². The summed E-state index contributed by atoms with van der Waals surface area (Å²) in [6.07, 6.45) is 0.400. The minimum Gasteiger partial charge on any atom is -0.494 e. The Morgan fingerprint density at radius 1 is 1.35 bits per heavy atom. The van der Waals surface area contributed by atoms with Crippen LogP contribution in [-0.4, -0.2) is 34.1 Å². The van der Waals surface area contributed by atoms with Crippen LogP contribution in [0.5, 0.6) is 5.75 Å². The molecule has 0 saturated carbocycles. The van der Waals surface area contributed by atoms with Crippen molar-refractivity contribution in [3.05, 3.63) is 53.2 Å². The Morgan fingerprint density at radius 3 is 3.08 bits per heavy atom. The van der Waals surface area contributed by atoms with Crippen molar-refractivity contribution in [3.63, 3.8) is 0 Å². The van der Waals surface area contributed by atoms with Crippen molar-refractivity contribution < 1.29 is 14.1 Å². The number of nitrogens with zero attached hydrogens (tertiary/aromatic N) is 3. The predicted molar refractivity (Wildman–Crippen MR) is 98.0 cm³/mol. The largest absolute Gasteiger partial charge is 0.494 e. The highest BCUT2D eigenvalue weighted by Crippen LogP contribution is 2.30. The number of aromatic nitrogens is 2. The molecule has 1 unspecified atom stereocenters. The molecule has 0 aliphatic carbocycles. The van der Waals surface area contributed by atoms with E-state index in [-0.39, 0.29) is 11.8 Å². The summed E-state index contributed by atoms with van der Waals surface area (Å²) in [7, 11) is 0. The third-order valence-electron chi connectivity index (χ3n) is 4.33. The van der Waals surface area contributed by atoms with E-state index in [2.05, 4.69) is 10.1 Å². The topological polar surface area (TPSA) is 68.5 Å². The predicted octanol–water partition coefficient (Wildman–Crippen LogP) is 3.71. The number of carbonyl (C=O) groups is 1.